The van der Waals surface area contributed by atoms with Crippen LogP contribution < -0.4 is 5.73 Å². The van der Waals surface area contributed by atoms with Crippen molar-refractivity contribution in [3.8, 4) is 0 Å². The van der Waals surface area contributed by atoms with Crippen LogP contribution in [-0.4, -0.2) is 16.3 Å². The van der Waals surface area contributed by atoms with E-state index in [4.69, 9.17) is 5.73 Å². The zero-order chi connectivity index (χ0) is 13.1. The summed E-state index contributed by atoms with van der Waals surface area (Å²) in [5, 5.41) is 5.51. The number of hydrogen-bond donors (Lipinski definition) is 1. The summed E-state index contributed by atoms with van der Waals surface area (Å²) in [6.07, 6.45) is 0.895. The van der Waals surface area contributed by atoms with E-state index >= 15 is 0 Å². The van der Waals surface area contributed by atoms with E-state index in [0.717, 1.165) is 21.6 Å². The molecule has 0 saturated heterocycles. The molecule has 0 radical (unpaired) electrons. The number of aromatic nitrogens is 2. The molecule has 2 rings (SSSR count). The second kappa shape index (κ2) is 5.91. The van der Waals surface area contributed by atoms with Gasteiger partial charge in [0.2, 0.25) is 0 Å². The third kappa shape index (κ3) is 3.16. The molecule has 96 valence electrons. The van der Waals surface area contributed by atoms with Gasteiger partial charge in [0, 0.05) is 16.4 Å². The predicted molar refractivity (Wildman–Crippen MR) is 79.0 cm³/mol. The van der Waals surface area contributed by atoms with E-state index in [1.807, 2.05) is 18.7 Å². The number of rotatable bonds is 4. The van der Waals surface area contributed by atoms with Gasteiger partial charge in [0.1, 0.15) is 0 Å². The molecule has 18 heavy (non-hydrogen) atoms. The lowest BCUT2D eigenvalue weighted by atomic mass is 10.1. The lowest BCUT2D eigenvalue weighted by Gasteiger charge is -2.09. The molecule has 0 aliphatic heterocycles. The number of halogens is 1. The molecule has 0 unspecified atom stereocenters. The van der Waals surface area contributed by atoms with Crippen LogP contribution in [0.2, 0.25) is 0 Å². The Bertz CT molecular complexity index is 551. The number of nitrogens with zero attached hydrogens (tertiary/aromatic N) is 2. The molecule has 3 nitrogen and oxygen atoms in total. The minimum Gasteiger partial charge on any atom is -0.330 e. The average molecular weight is 326 g/mol. The zero-order valence-corrected chi connectivity index (χ0v) is 12.9. The van der Waals surface area contributed by atoms with Gasteiger partial charge in [-0.3, -0.25) is 4.68 Å². The van der Waals surface area contributed by atoms with Gasteiger partial charge in [-0.15, -0.1) is 0 Å². The summed E-state index contributed by atoms with van der Waals surface area (Å²) in [7, 11) is 1.97. The van der Waals surface area contributed by atoms with Gasteiger partial charge < -0.3 is 5.73 Å². The molecule has 0 aliphatic carbocycles. The average Bonchev–Trinajstić information content (AvgIpc) is 2.61. The van der Waals surface area contributed by atoms with Gasteiger partial charge in [-0.1, -0.05) is 33.8 Å². The third-order valence-electron chi connectivity index (χ3n) is 2.62. The maximum atomic E-state index is 5.66. The molecule has 0 atom stereocenters. The number of aryl methyl sites for hydroxylation is 2. The standard InChI is InChI=1S/C13H16BrN3S/c1-9-7-13(17(2)16-9)18-12-8-11(14)4-3-10(12)5-6-15/h3-4,7-8H,5-6,15H2,1-2H3. The Hall–Kier alpha value is -0.780. The Balaban J connectivity index is 2.32. The molecular weight excluding hydrogens is 310 g/mol. The summed E-state index contributed by atoms with van der Waals surface area (Å²) < 4.78 is 3.00. The predicted octanol–water partition coefficient (Wildman–Crippen LogP) is 3.14. The first kappa shape index (κ1) is 13.6. The molecule has 0 saturated carbocycles. The minimum absolute atomic E-state index is 0.666. The SMILES string of the molecule is Cc1cc(Sc2cc(Br)ccc2CCN)n(C)n1. The number of benzene rings is 1. The fourth-order valence-corrected chi connectivity index (χ4v) is 3.41. The van der Waals surface area contributed by atoms with Crippen molar-refractivity contribution in [2.75, 3.05) is 6.54 Å². The highest BCUT2D eigenvalue weighted by atomic mass is 79.9. The Labute approximate surface area is 120 Å². The molecule has 1 aromatic carbocycles. The maximum Gasteiger partial charge on any atom is 0.0987 e. The Morgan fingerprint density at radius 3 is 2.78 bits per heavy atom. The normalized spacial score (nSPS) is 10.9. The van der Waals surface area contributed by atoms with Crippen LogP contribution >= 0.6 is 27.7 Å². The van der Waals surface area contributed by atoms with Gasteiger partial charge in [0.05, 0.1) is 10.7 Å². The van der Waals surface area contributed by atoms with Crippen LogP contribution in [-0.2, 0) is 13.5 Å². The Morgan fingerprint density at radius 2 is 2.17 bits per heavy atom. The highest BCUT2D eigenvalue weighted by Gasteiger charge is 2.08. The molecule has 0 fully saturated rings. The number of nitrogens with two attached hydrogens (primary N) is 1. The molecule has 0 spiro atoms. The van der Waals surface area contributed by atoms with Gasteiger partial charge in [-0.2, -0.15) is 5.10 Å². The quantitative estimate of drug-likeness (QED) is 0.939. The molecular formula is C13H16BrN3S. The van der Waals surface area contributed by atoms with E-state index in [0.29, 0.717) is 6.54 Å². The van der Waals surface area contributed by atoms with Crippen LogP contribution in [0.3, 0.4) is 0 Å². The molecule has 0 bridgehead atoms. The van der Waals surface area contributed by atoms with Crippen molar-refractivity contribution in [2.24, 2.45) is 12.8 Å². The van der Waals surface area contributed by atoms with E-state index in [1.165, 1.54) is 10.5 Å². The summed E-state index contributed by atoms with van der Waals surface area (Å²) in [6.45, 7) is 2.67. The van der Waals surface area contributed by atoms with E-state index in [-0.39, 0.29) is 0 Å². The number of hydrogen-bond acceptors (Lipinski definition) is 3. The van der Waals surface area contributed by atoms with Crippen LogP contribution in [0.4, 0.5) is 0 Å². The first-order chi connectivity index (χ1) is 8.60. The van der Waals surface area contributed by atoms with E-state index in [1.54, 1.807) is 11.8 Å². The Kier molecular flexibility index (Phi) is 4.48. The van der Waals surface area contributed by atoms with E-state index in [9.17, 15) is 0 Å². The molecule has 2 aromatic rings. The molecule has 1 heterocycles. The zero-order valence-electron chi connectivity index (χ0n) is 10.5. The van der Waals surface area contributed by atoms with Crippen LogP contribution in [0.15, 0.2) is 38.7 Å². The maximum absolute atomic E-state index is 5.66. The molecule has 1 aromatic heterocycles. The molecule has 5 heteroatoms. The fraction of sp³-hybridized carbons (Fsp3) is 0.308. The highest BCUT2D eigenvalue weighted by molar-refractivity contribution is 9.10. The van der Waals surface area contributed by atoms with Crippen molar-refractivity contribution < 1.29 is 0 Å². The summed E-state index contributed by atoms with van der Waals surface area (Å²) in [5.74, 6) is 0. The molecule has 0 aliphatic rings. The topological polar surface area (TPSA) is 43.8 Å². The second-order valence-corrected chi connectivity index (χ2v) is 6.12. The van der Waals surface area contributed by atoms with Crippen LogP contribution in [0, 0.1) is 6.92 Å². The third-order valence-corrected chi connectivity index (χ3v) is 4.30. The van der Waals surface area contributed by atoms with Gasteiger partial charge >= 0.3 is 0 Å². The minimum atomic E-state index is 0.666. The van der Waals surface area contributed by atoms with Gasteiger partial charge in [-0.05, 0) is 43.7 Å². The van der Waals surface area contributed by atoms with Crippen LogP contribution in [0.25, 0.3) is 0 Å². The largest absolute Gasteiger partial charge is 0.330 e. The van der Waals surface area contributed by atoms with Crippen molar-refractivity contribution in [1.29, 1.82) is 0 Å². The summed E-state index contributed by atoms with van der Waals surface area (Å²) in [5.41, 5.74) is 7.98. The first-order valence-corrected chi connectivity index (χ1v) is 7.38. The lowest BCUT2D eigenvalue weighted by molar-refractivity contribution is 0.692. The van der Waals surface area contributed by atoms with Gasteiger partial charge in [0.25, 0.3) is 0 Å². The first-order valence-electron chi connectivity index (χ1n) is 5.77. The summed E-state index contributed by atoms with van der Waals surface area (Å²) in [6, 6.07) is 8.42. The van der Waals surface area contributed by atoms with E-state index in [2.05, 4.69) is 45.3 Å². The van der Waals surface area contributed by atoms with Crippen molar-refractivity contribution in [1.82, 2.24) is 9.78 Å². The van der Waals surface area contributed by atoms with Crippen molar-refractivity contribution in [3.63, 3.8) is 0 Å². The van der Waals surface area contributed by atoms with Crippen molar-refractivity contribution in [2.45, 2.75) is 23.3 Å². The van der Waals surface area contributed by atoms with Crippen molar-refractivity contribution >= 4 is 27.7 Å². The van der Waals surface area contributed by atoms with Crippen molar-refractivity contribution in [3.05, 3.63) is 40.0 Å². The monoisotopic (exact) mass is 325 g/mol. The fourth-order valence-electron chi connectivity index (χ4n) is 1.78. The highest BCUT2D eigenvalue weighted by Crippen LogP contribution is 2.32. The molecule has 0 amide bonds. The Morgan fingerprint density at radius 1 is 1.39 bits per heavy atom. The summed E-state index contributed by atoms with van der Waals surface area (Å²) >= 11 is 5.25. The van der Waals surface area contributed by atoms with Gasteiger partial charge in [0.15, 0.2) is 0 Å². The second-order valence-electron chi connectivity index (χ2n) is 4.14. The smallest absolute Gasteiger partial charge is 0.0987 e. The lowest BCUT2D eigenvalue weighted by Crippen LogP contribution is -2.03. The van der Waals surface area contributed by atoms with E-state index < -0.39 is 0 Å². The van der Waals surface area contributed by atoms with Crippen LogP contribution in [0.1, 0.15) is 11.3 Å². The molecule has 2 N–H and O–H groups in total. The summed E-state index contributed by atoms with van der Waals surface area (Å²) in [4.78, 5) is 1.23. The van der Waals surface area contributed by atoms with Crippen LogP contribution in [0.5, 0.6) is 0 Å². The van der Waals surface area contributed by atoms with Gasteiger partial charge in [-0.25, -0.2) is 0 Å².